The van der Waals surface area contributed by atoms with Crippen molar-refractivity contribution in [3.8, 4) is 16.9 Å². The summed E-state index contributed by atoms with van der Waals surface area (Å²) in [6, 6.07) is 19.2. The minimum atomic E-state index is -4.39. The third-order valence-electron chi connectivity index (χ3n) is 5.91. The zero-order valence-electron chi connectivity index (χ0n) is 20.2. The van der Waals surface area contributed by atoms with Crippen LogP contribution in [0.2, 0.25) is 0 Å². The fourth-order valence-electron chi connectivity index (χ4n) is 3.98. The van der Waals surface area contributed by atoms with Crippen LogP contribution in [0.25, 0.3) is 21.9 Å². The van der Waals surface area contributed by atoms with Crippen molar-refractivity contribution >= 4 is 16.7 Å². The van der Waals surface area contributed by atoms with E-state index in [1.807, 2.05) is 18.2 Å². The summed E-state index contributed by atoms with van der Waals surface area (Å²) in [7, 11) is 0. The monoisotopic (exact) mass is 525 g/mol. The lowest BCUT2D eigenvalue weighted by molar-refractivity contribution is -0.137. The van der Waals surface area contributed by atoms with Crippen LogP contribution in [0.1, 0.15) is 28.8 Å². The number of para-hydroxylation sites is 1. The van der Waals surface area contributed by atoms with E-state index in [0.717, 1.165) is 40.6 Å². The smallest absolute Gasteiger partial charge is 0.416 e. The number of carbonyl (C=O) groups excluding carboxylic acids is 1. The Hall–Kier alpha value is -4.20. The largest absolute Gasteiger partial charge is 0.483 e. The molecule has 0 radical (unpaired) electrons. The summed E-state index contributed by atoms with van der Waals surface area (Å²) in [5.74, 6) is -2.17. The molecule has 0 aliphatic carbocycles. The molecule has 4 aromatic carbocycles. The molecule has 0 aromatic heterocycles. The standard InChI is InChI=1S/C30H24F5NO2/c31-26-9-6-10-27(32)28(26)38-18-4-2-1-3-17-36-29(37)22-13-16-25-21(19-22)7-5-8-24(25)20-11-14-23(15-12-20)30(33,34)35/h2,4-16,19H,1,3,17-18H2,(H,36,37)/b4-2+. The maximum Gasteiger partial charge on any atom is 0.416 e. The van der Waals surface area contributed by atoms with E-state index < -0.39 is 29.1 Å². The average Bonchev–Trinajstić information content (AvgIpc) is 2.90. The number of rotatable bonds is 9. The third-order valence-corrected chi connectivity index (χ3v) is 5.91. The van der Waals surface area contributed by atoms with Crippen molar-refractivity contribution in [1.82, 2.24) is 5.32 Å². The Kier molecular flexibility index (Phi) is 8.41. The highest BCUT2D eigenvalue weighted by molar-refractivity contribution is 6.02. The Morgan fingerprint density at radius 3 is 2.29 bits per heavy atom. The summed E-state index contributed by atoms with van der Waals surface area (Å²) >= 11 is 0. The van der Waals surface area contributed by atoms with E-state index in [1.54, 1.807) is 30.3 Å². The molecule has 0 saturated heterocycles. The van der Waals surface area contributed by atoms with Crippen molar-refractivity contribution < 1.29 is 31.5 Å². The fourth-order valence-corrected chi connectivity index (χ4v) is 3.98. The molecule has 0 unspecified atom stereocenters. The van der Waals surface area contributed by atoms with E-state index in [4.69, 9.17) is 4.74 Å². The molecule has 38 heavy (non-hydrogen) atoms. The van der Waals surface area contributed by atoms with Crippen LogP contribution >= 0.6 is 0 Å². The van der Waals surface area contributed by atoms with Crippen LogP contribution in [-0.2, 0) is 6.18 Å². The zero-order valence-corrected chi connectivity index (χ0v) is 20.2. The topological polar surface area (TPSA) is 38.3 Å². The molecule has 0 spiro atoms. The van der Waals surface area contributed by atoms with Crippen LogP contribution in [0.5, 0.6) is 5.75 Å². The first-order valence-electron chi connectivity index (χ1n) is 11.9. The van der Waals surface area contributed by atoms with E-state index in [-0.39, 0.29) is 12.5 Å². The molecule has 1 N–H and O–H groups in total. The summed E-state index contributed by atoms with van der Waals surface area (Å²) < 4.78 is 70.8. The van der Waals surface area contributed by atoms with Gasteiger partial charge in [0, 0.05) is 12.1 Å². The molecule has 0 heterocycles. The van der Waals surface area contributed by atoms with Gasteiger partial charge in [-0.15, -0.1) is 0 Å². The highest BCUT2D eigenvalue weighted by Crippen LogP contribution is 2.33. The Balaban J connectivity index is 1.29. The van der Waals surface area contributed by atoms with Gasteiger partial charge in [0.1, 0.15) is 6.61 Å². The summed E-state index contributed by atoms with van der Waals surface area (Å²) in [6.45, 7) is 0.450. The lowest BCUT2D eigenvalue weighted by Gasteiger charge is -2.11. The molecule has 1 amide bonds. The van der Waals surface area contributed by atoms with Crippen molar-refractivity contribution in [3.63, 3.8) is 0 Å². The third kappa shape index (κ3) is 6.56. The Bertz CT molecular complexity index is 1430. The van der Waals surface area contributed by atoms with Gasteiger partial charge in [0.05, 0.1) is 5.56 Å². The highest BCUT2D eigenvalue weighted by Gasteiger charge is 2.30. The first-order chi connectivity index (χ1) is 18.2. The molecule has 4 aromatic rings. The minimum absolute atomic E-state index is 0.0236. The van der Waals surface area contributed by atoms with Crippen LogP contribution in [-0.4, -0.2) is 19.1 Å². The molecule has 3 nitrogen and oxygen atoms in total. The van der Waals surface area contributed by atoms with Gasteiger partial charge in [0.15, 0.2) is 17.4 Å². The van der Waals surface area contributed by atoms with Crippen molar-refractivity contribution in [2.45, 2.75) is 19.0 Å². The first-order valence-corrected chi connectivity index (χ1v) is 11.9. The van der Waals surface area contributed by atoms with Gasteiger partial charge in [0.25, 0.3) is 5.91 Å². The number of benzene rings is 4. The number of carbonyl (C=O) groups is 1. The van der Waals surface area contributed by atoms with E-state index >= 15 is 0 Å². The second kappa shape index (κ2) is 11.9. The van der Waals surface area contributed by atoms with Gasteiger partial charge < -0.3 is 10.1 Å². The van der Waals surface area contributed by atoms with Crippen LogP contribution in [0.3, 0.4) is 0 Å². The van der Waals surface area contributed by atoms with Gasteiger partial charge in [-0.05, 0) is 71.1 Å². The number of unbranched alkanes of at least 4 members (excludes halogenated alkanes) is 1. The van der Waals surface area contributed by atoms with Gasteiger partial charge in [-0.1, -0.05) is 54.6 Å². The molecule has 196 valence electrons. The highest BCUT2D eigenvalue weighted by atomic mass is 19.4. The molecule has 0 bridgehead atoms. The predicted molar refractivity (Wildman–Crippen MR) is 137 cm³/mol. The number of fused-ring (bicyclic) bond motifs is 1. The van der Waals surface area contributed by atoms with Crippen LogP contribution in [0, 0.1) is 11.6 Å². The number of nitrogens with one attached hydrogen (secondary N) is 1. The number of amides is 1. The van der Waals surface area contributed by atoms with E-state index in [9.17, 15) is 26.7 Å². The van der Waals surface area contributed by atoms with E-state index in [0.29, 0.717) is 30.5 Å². The number of alkyl halides is 3. The molecule has 8 heteroatoms. The van der Waals surface area contributed by atoms with Crippen LogP contribution in [0.15, 0.2) is 91.0 Å². The molecular formula is C30H24F5NO2. The Morgan fingerprint density at radius 1 is 0.868 bits per heavy atom. The van der Waals surface area contributed by atoms with Gasteiger partial charge in [-0.2, -0.15) is 13.2 Å². The van der Waals surface area contributed by atoms with Crippen molar-refractivity contribution in [3.05, 3.63) is 114 Å². The fraction of sp³-hybridized carbons (Fsp3) is 0.167. The van der Waals surface area contributed by atoms with Gasteiger partial charge in [-0.3, -0.25) is 4.79 Å². The molecule has 4 rings (SSSR count). The molecule has 0 saturated carbocycles. The Labute approximate surface area is 216 Å². The van der Waals surface area contributed by atoms with E-state index in [1.165, 1.54) is 18.2 Å². The molecule has 0 atom stereocenters. The van der Waals surface area contributed by atoms with Crippen LogP contribution < -0.4 is 10.1 Å². The number of hydrogen-bond acceptors (Lipinski definition) is 2. The Morgan fingerprint density at radius 2 is 1.58 bits per heavy atom. The first kappa shape index (κ1) is 26.9. The molecular weight excluding hydrogens is 501 g/mol. The number of halogens is 5. The maximum atomic E-state index is 13.5. The predicted octanol–water partition coefficient (Wildman–Crippen LogP) is 7.95. The lowest BCUT2D eigenvalue weighted by Crippen LogP contribution is -2.24. The average molecular weight is 526 g/mol. The van der Waals surface area contributed by atoms with Crippen molar-refractivity contribution in [2.75, 3.05) is 13.2 Å². The minimum Gasteiger partial charge on any atom is -0.483 e. The second-order valence-corrected chi connectivity index (χ2v) is 8.55. The lowest BCUT2D eigenvalue weighted by atomic mass is 9.96. The van der Waals surface area contributed by atoms with Crippen molar-refractivity contribution in [2.24, 2.45) is 0 Å². The van der Waals surface area contributed by atoms with Crippen molar-refractivity contribution in [1.29, 1.82) is 0 Å². The van der Waals surface area contributed by atoms with Crippen LogP contribution in [0.4, 0.5) is 22.0 Å². The summed E-state index contributed by atoms with van der Waals surface area (Å²) in [5, 5.41) is 4.47. The van der Waals surface area contributed by atoms with E-state index in [2.05, 4.69) is 5.32 Å². The number of ether oxygens (including phenoxy) is 1. The maximum absolute atomic E-state index is 13.5. The summed E-state index contributed by atoms with van der Waals surface area (Å²) in [4.78, 5) is 12.6. The number of hydrogen-bond donors (Lipinski definition) is 1. The van der Waals surface area contributed by atoms with Gasteiger partial charge >= 0.3 is 6.18 Å². The molecule has 0 fully saturated rings. The van der Waals surface area contributed by atoms with Gasteiger partial charge in [0.2, 0.25) is 0 Å². The number of allylic oxidation sites excluding steroid dienone is 1. The summed E-state index contributed by atoms with van der Waals surface area (Å²) in [5.41, 5.74) is 1.19. The molecule has 0 aliphatic heterocycles. The quantitative estimate of drug-likeness (QED) is 0.137. The second-order valence-electron chi connectivity index (χ2n) is 8.55. The SMILES string of the molecule is O=C(NCCC/C=C/COc1c(F)cccc1F)c1ccc2c(-c3ccc(C(F)(F)F)cc3)cccc2c1. The van der Waals surface area contributed by atoms with Gasteiger partial charge in [-0.25, -0.2) is 8.78 Å². The normalized spacial score (nSPS) is 11.7. The zero-order chi connectivity index (χ0) is 27.1. The summed E-state index contributed by atoms with van der Waals surface area (Å²) in [6.07, 6.45) is 0.364. The molecule has 0 aliphatic rings.